The molecule has 1 amide bonds. The van der Waals surface area contributed by atoms with Crippen LogP contribution >= 0.6 is 0 Å². The van der Waals surface area contributed by atoms with Crippen molar-refractivity contribution >= 4 is 5.91 Å². The molecule has 1 unspecified atom stereocenters. The number of carbonyl (C=O) groups excluding carboxylic acids is 1. The fraction of sp³-hybridized carbons (Fsp3) is 0.462. The maximum absolute atomic E-state index is 11.8. The number of hydrogen-bond acceptors (Lipinski definition) is 2. The first-order valence-corrected chi connectivity index (χ1v) is 5.38. The van der Waals surface area contributed by atoms with Crippen LogP contribution < -0.4 is 0 Å². The van der Waals surface area contributed by atoms with E-state index in [0.717, 1.165) is 5.56 Å². The number of hydrogen-bond donors (Lipinski definition) is 0. The highest BCUT2D eigenvalue weighted by atomic mass is 16.5. The van der Waals surface area contributed by atoms with Gasteiger partial charge >= 0.3 is 0 Å². The maximum atomic E-state index is 11.8. The van der Waals surface area contributed by atoms with Gasteiger partial charge < -0.3 is 9.64 Å². The lowest BCUT2D eigenvalue weighted by atomic mass is 10.1. The van der Waals surface area contributed by atoms with Crippen molar-refractivity contribution in [2.24, 2.45) is 0 Å². The molecular weight excluding hydrogens is 202 g/mol. The number of methoxy groups -OCH3 is 1. The van der Waals surface area contributed by atoms with Crippen molar-refractivity contribution < 1.29 is 9.53 Å². The van der Waals surface area contributed by atoms with Crippen LogP contribution in [-0.4, -0.2) is 31.1 Å². The Bertz CT molecular complexity index is 363. The standard InChI is InChI=1S/C13H19NO2/c1-10-6-5-7-12(8-10)9-14(3)13(15)11(2)16-4/h5-8,11H,9H2,1-4H3. The number of nitrogens with zero attached hydrogens (tertiary/aromatic N) is 1. The van der Waals surface area contributed by atoms with Gasteiger partial charge in [-0.15, -0.1) is 0 Å². The SMILES string of the molecule is COC(C)C(=O)N(C)Cc1cccc(C)c1. The van der Waals surface area contributed by atoms with Crippen molar-refractivity contribution in [3.63, 3.8) is 0 Å². The van der Waals surface area contributed by atoms with E-state index in [0.29, 0.717) is 6.54 Å². The molecule has 0 N–H and O–H groups in total. The van der Waals surface area contributed by atoms with Crippen molar-refractivity contribution in [3.05, 3.63) is 35.4 Å². The summed E-state index contributed by atoms with van der Waals surface area (Å²) in [5.41, 5.74) is 2.34. The normalized spacial score (nSPS) is 12.2. The van der Waals surface area contributed by atoms with Gasteiger partial charge in [-0.1, -0.05) is 29.8 Å². The lowest BCUT2D eigenvalue weighted by molar-refractivity contribution is -0.140. The fourth-order valence-electron chi connectivity index (χ4n) is 1.57. The van der Waals surface area contributed by atoms with E-state index in [2.05, 4.69) is 6.07 Å². The van der Waals surface area contributed by atoms with Crippen LogP contribution in [0.15, 0.2) is 24.3 Å². The highest BCUT2D eigenvalue weighted by Crippen LogP contribution is 2.08. The molecule has 0 saturated carbocycles. The Morgan fingerprint density at radius 3 is 2.75 bits per heavy atom. The summed E-state index contributed by atoms with van der Waals surface area (Å²) in [4.78, 5) is 13.4. The minimum Gasteiger partial charge on any atom is -0.372 e. The maximum Gasteiger partial charge on any atom is 0.251 e. The third-order valence-corrected chi connectivity index (χ3v) is 2.58. The Morgan fingerprint density at radius 2 is 2.19 bits per heavy atom. The molecule has 16 heavy (non-hydrogen) atoms. The summed E-state index contributed by atoms with van der Waals surface area (Å²) < 4.78 is 5.00. The van der Waals surface area contributed by atoms with E-state index in [4.69, 9.17) is 4.74 Å². The van der Waals surface area contributed by atoms with Gasteiger partial charge in [0.1, 0.15) is 6.10 Å². The predicted octanol–water partition coefficient (Wildman–Crippen LogP) is 1.99. The van der Waals surface area contributed by atoms with Crippen LogP contribution in [0.2, 0.25) is 0 Å². The van der Waals surface area contributed by atoms with Gasteiger partial charge in [0.2, 0.25) is 0 Å². The van der Waals surface area contributed by atoms with Gasteiger partial charge in [-0.25, -0.2) is 0 Å². The molecular formula is C13H19NO2. The summed E-state index contributed by atoms with van der Waals surface area (Å²) in [6, 6.07) is 8.15. The molecule has 1 aromatic carbocycles. The van der Waals surface area contributed by atoms with Crippen LogP contribution in [0.1, 0.15) is 18.1 Å². The topological polar surface area (TPSA) is 29.5 Å². The van der Waals surface area contributed by atoms with Gasteiger partial charge in [0, 0.05) is 20.7 Å². The van der Waals surface area contributed by atoms with Crippen LogP contribution in [-0.2, 0) is 16.1 Å². The molecule has 0 aromatic heterocycles. The lowest BCUT2D eigenvalue weighted by Crippen LogP contribution is -2.35. The van der Waals surface area contributed by atoms with Crippen LogP contribution in [0.4, 0.5) is 0 Å². The van der Waals surface area contributed by atoms with E-state index in [1.807, 2.05) is 25.1 Å². The molecule has 0 fully saturated rings. The first kappa shape index (κ1) is 12.7. The van der Waals surface area contributed by atoms with Crippen molar-refractivity contribution in [2.75, 3.05) is 14.2 Å². The number of carbonyl (C=O) groups is 1. The molecule has 88 valence electrons. The molecule has 0 heterocycles. The third-order valence-electron chi connectivity index (χ3n) is 2.58. The molecule has 0 saturated heterocycles. The summed E-state index contributed by atoms with van der Waals surface area (Å²) in [6.45, 7) is 4.42. The van der Waals surface area contributed by atoms with E-state index in [1.54, 1.807) is 26.0 Å². The van der Waals surface area contributed by atoms with E-state index in [9.17, 15) is 4.79 Å². The average molecular weight is 221 g/mol. The summed E-state index contributed by atoms with van der Waals surface area (Å²) in [5, 5.41) is 0. The van der Waals surface area contributed by atoms with Crippen LogP contribution in [0.25, 0.3) is 0 Å². The third kappa shape index (κ3) is 3.35. The fourth-order valence-corrected chi connectivity index (χ4v) is 1.57. The van der Waals surface area contributed by atoms with E-state index < -0.39 is 0 Å². The first-order chi connectivity index (χ1) is 7.54. The second kappa shape index (κ2) is 5.66. The molecule has 0 aliphatic carbocycles. The molecule has 0 spiro atoms. The second-order valence-electron chi connectivity index (χ2n) is 4.06. The molecule has 1 atom stereocenters. The van der Waals surface area contributed by atoms with Gasteiger partial charge in [-0.05, 0) is 19.4 Å². The van der Waals surface area contributed by atoms with Gasteiger partial charge in [0.15, 0.2) is 0 Å². The monoisotopic (exact) mass is 221 g/mol. The smallest absolute Gasteiger partial charge is 0.251 e. The zero-order valence-corrected chi connectivity index (χ0v) is 10.4. The molecule has 0 radical (unpaired) electrons. The number of rotatable bonds is 4. The highest BCUT2D eigenvalue weighted by molar-refractivity contribution is 5.80. The molecule has 0 aliphatic heterocycles. The van der Waals surface area contributed by atoms with Gasteiger partial charge in [-0.2, -0.15) is 0 Å². The van der Waals surface area contributed by atoms with Crippen molar-refractivity contribution in [1.29, 1.82) is 0 Å². The van der Waals surface area contributed by atoms with Crippen molar-refractivity contribution in [2.45, 2.75) is 26.5 Å². The number of aryl methyl sites for hydroxylation is 1. The number of amides is 1. The zero-order chi connectivity index (χ0) is 12.1. The second-order valence-corrected chi connectivity index (χ2v) is 4.06. The quantitative estimate of drug-likeness (QED) is 0.778. The Hall–Kier alpha value is -1.35. The first-order valence-electron chi connectivity index (χ1n) is 5.38. The van der Waals surface area contributed by atoms with Gasteiger partial charge in [0.25, 0.3) is 5.91 Å². The number of likely N-dealkylation sites (N-methyl/N-ethyl adjacent to an activating group) is 1. The van der Waals surface area contributed by atoms with Crippen LogP contribution in [0, 0.1) is 6.92 Å². The summed E-state index contributed by atoms with van der Waals surface area (Å²) in [5.74, 6) is 0.00371. The molecule has 0 aliphatic rings. The molecule has 1 rings (SSSR count). The minimum absolute atomic E-state index is 0.00371. The number of benzene rings is 1. The van der Waals surface area contributed by atoms with Crippen molar-refractivity contribution in [1.82, 2.24) is 4.90 Å². The molecule has 1 aromatic rings. The minimum atomic E-state index is -0.380. The lowest BCUT2D eigenvalue weighted by Gasteiger charge is -2.20. The number of ether oxygens (including phenoxy) is 1. The Morgan fingerprint density at radius 1 is 1.50 bits per heavy atom. The van der Waals surface area contributed by atoms with Crippen molar-refractivity contribution in [3.8, 4) is 0 Å². The summed E-state index contributed by atoms with van der Waals surface area (Å²) >= 11 is 0. The average Bonchev–Trinajstić information content (AvgIpc) is 2.27. The highest BCUT2D eigenvalue weighted by Gasteiger charge is 2.16. The molecule has 3 heteroatoms. The molecule has 0 bridgehead atoms. The van der Waals surface area contributed by atoms with E-state index in [1.165, 1.54) is 5.56 Å². The van der Waals surface area contributed by atoms with Crippen LogP contribution in [0.3, 0.4) is 0 Å². The van der Waals surface area contributed by atoms with Gasteiger partial charge in [0.05, 0.1) is 0 Å². The summed E-state index contributed by atoms with van der Waals surface area (Å²) in [7, 11) is 3.34. The molecule has 3 nitrogen and oxygen atoms in total. The largest absolute Gasteiger partial charge is 0.372 e. The Labute approximate surface area is 97.0 Å². The van der Waals surface area contributed by atoms with Crippen LogP contribution in [0.5, 0.6) is 0 Å². The van der Waals surface area contributed by atoms with E-state index >= 15 is 0 Å². The summed E-state index contributed by atoms with van der Waals surface area (Å²) in [6.07, 6.45) is -0.380. The zero-order valence-electron chi connectivity index (χ0n) is 10.4. The van der Waals surface area contributed by atoms with E-state index in [-0.39, 0.29) is 12.0 Å². The Balaban J connectivity index is 2.64. The van der Waals surface area contributed by atoms with Gasteiger partial charge in [-0.3, -0.25) is 4.79 Å². The Kier molecular flexibility index (Phi) is 4.50. The predicted molar refractivity (Wildman–Crippen MR) is 64.1 cm³/mol.